The smallest absolute Gasteiger partial charge is 0.244 e. The zero-order chi connectivity index (χ0) is 15.2. The number of hydrogen-bond acceptors (Lipinski definition) is 4. The second kappa shape index (κ2) is 6.82. The van der Waals surface area contributed by atoms with Gasteiger partial charge in [-0.15, -0.1) is 5.10 Å². The Bertz CT molecular complexity index is 763. The number of rotatable bonds is 5. The van der Waals surface area contributed by atoms with E-state index in [1.165, 1.54) is 6.08 Å². The van der Waals surface area contributed by atoms with Crippen molar-refractivity contribution in [1.82, 2.24) is 20.3 Å². The van der Waals surface area contributed by atoms with Crippen LogP contribution in [0.15, 0.2) is 59.4 Å². The number of hydrogen-bond donors (Lipinski definition) is 1. The zero-order valence-corrected chi connectivity index (χ0v) is 12.5. The first-order valence-electron chi connectivity index (χ1n) is 6.76. The Morgan fingerprint density at radius 2 is 2.14 bits per heavy atom. The maximum Gasteiger partial charge on any atom is 0.244 e. The van der Waals surface area contributed by atoms with Crippen LogP contribution in [-0.2, 0) is 11.3 Å². The van der Waals surface area contributed by atoms with Crippen molar-refractivity contribution in [2.24, 2.45) is 0 Å². The van der Waals surface area contributed by atoms with E-state index in [4.69, 9.17) is 0 Å². The number of nitrogens with zero attached hydrogens (tertiary/aromatic N) is 3. The van der Waals surface area contributed by atoms with Gasteiger partial charge in [-0.05, 0) is 23.1 Å². The average molecular weight is 310 g/mol. The van der Waals surface area contributed by atoms with Gasteiger partial charge >= 0.3 is 0 Å². The number of benzene rings is 1. The summed E-state index contributed by atoms with van der Waals surface area (Å²) in [6.07, 6.45) is 5.10. The molecule has 2 heterocycles. The number of nitrogens with one attached hydrogen (secondary N) is 1. The third-order valence-electron chi connectivity index (χ3n) is 2.98. The molecule has 22 heavy (non-hydrogen) atoms. The van der Waals surface area contributed by atoms with Gasteiger partial charge in [-0.1, -0.05) is 35.5 Å². The van der Waals surface area contributed by atoms with Crippen molar-refractivity contribution in [2.45, 2.75) is 6.54 Å². The van der Waals surface area contributed by atoms with Gasteiger partial charge in [-0.25, -0.2) is 4.68 Å². The molecule has 110 valence electrons. The monoisotopic (exact) mass is 310 g/mol. The summed E-state index contributed by atoms with van der Waals surface area (Å²) in [5, 5.41) is 14.8. The van der Waals surface area contributed by atoms with Crippen LogP contribution < -0.4 is 5.32 Å². The number of carbonyl (C=O) groups excluding carboxylic acids is 1. The minimum atomic E-state index is -0.158. The quantitative estimate of drug-likeness (QED) is 0.737. The summed E-state index contributed by atoms with van der Waals surface area (Å²) in [6, 6.07) is 11.6. The lowest BCUT2D eigenvalue weighted by molar-refractivity contribution is -0.116. The molecule has 0 bridgehead atoms. The molecule has 2 aromatic heterocycles. The van der Waals surface area contributed by atoms with Gasteiger partial charge in [-0.3, -0.25) is 4.79 Å². The van der Waals surface area contributed by atoms with Crippen LogP contribution in [0.25, 0.3) is 11.8 Å². The molecular weight excluding hydrogens is 296 g/mol. The minimum absolute atomic E-state index is 0.158. The maximum atomic E-state index is 11.8. The molecule has 6 heteroatoms. The normalized spacial score (nSPS) is 10.9. The van der Waals surface area contributed by atoms with Crippen molar-refractivity contribution in [1.29, 1.82) is 0 Å². The van der Waals surface area contributed by atoms with E-state index in [0.29, 0.717) is 12.2 Å². The van der Waals surface area contributed by atoms with Crippen molar-refractivity contribution in [2.75, 3.05) is 0 Å². The van der Waals surface area contributed by atoms with Gasteiger partial charge < -0.3 is 5.32 Å². The molecule has 0 fully saturated rings. The molecule has 0 radical (unpaired) electrons. The lowest BCUT2D eigenvalue weighted by Crippen LogP contribution is -2.20. The highest BCUT2D eigenvalue weighted by Crippen LogP contribution is 2.10. The average Bonchev–Trinajstić information content (AvgIpc) is 3.22. The van der Waals surface area contributed by atoms with E-state index in [-0.39, 0.29) is 5.91 Å². The second-order valence-electron chi connectivity index (χ2n) is 4.60. The maximum absolute atomic E-state index is 11.8. The standard InChI is InChI=1S/C16H14N4OS/c21-16(7-6-13-4-2-1-3-5-13)17-10-14-11-20(19-18-14)15-8-9-22-12-15/h1-9,11-12H,10H2,(H,17,21)/b7-6+. The van der Waals surface area contributed by atoms with Crippen LogP contribution in [0, 0.1) is 0 Å². The summed E-state index contributed by atoms with van der Waals surface area (Å²) in [5.74, 6) is -0.158. The zero-order valence-electron chi connectivity index (χ0n) is 11.7. The Morgan fingerprint density at radius 1 is 1.27 bits per heavy atom. The van der Waals surface area contributed by atoms with E-state index >= 15 is 0 Å². The highest BCUT2D eigenvalue weighted by atomic mass is 32.1. The summed E-state index contributed by atoms with van der Waals surface area (Å²) in [7, 11) is 0. The Balaban J connectivity index is 1.54. The molecule has 0 spiro atoms. The van der Waals surface area contributed by atoms with Crippen LogP contribution in [0.5, 0.6) is 0 Å². The molecule has 0 saturated heterocycles. The molecule has 1 N–H and O–H groups in total. The van der Waals surface area contributed by atoms with E-state index in [9.17, 15) is 4.79 Å². The van der Waals surface area contributed by atoms with Crippen LogP contribution in [0.2, 0.25) is 0 Å². The van der Waals surface area contributed by atoms with Gasteiger partial charge in [0.15, 0.2) is 0 Å². The minimum Gasteiger partial charge on any atom is -0.347 e. The van der Waals surface area contributed by atoms with E-state index < -0.39 is 0 Å². The molecule has 0 saturated carbocycles. The third kappa shape index (κ3) is 3.67. The molecule has 3 aromatic rings. The number of amides is 1. The van der Waals surface area contributed by atoms with Crippen LogP contribution in [0.4, 0.5) is 0 Å². The Labute approximate surface area is 131 Å². The van der Waals surface area contributed by atoms with Crippen molar-refractivity contribution >= 4 is 23.3 Å². The van der Waals surface area contributed by atoms with Gasteiger partial charge in [0.05, 0.1) is 18.4 Å². The number of carbonyl (C=O) groups is 1. The molecule has 1 aromatic carbocycles. The molecule has 3 rings (SSSR count). The van der Waals surface area contributed by atoms with E-state index in [1.807, 2.05) is 53.4 Å². The topological polar surface area (TPSA) is 59.8 Å². The summed E-state index contributed by atoms with van der Waals surface area (Å²) < 4.78 is 1.69. The van der Waals surface area contributed by atoms with Crippen LogP contribution in [-0.4, -0.2) is 20.9 Å². The molecule has 0 unspecified atom stereocenters. The van der Waals surface area contributed by atoms with Crippen molar-refractivity contribution in [3.05, 3.63) is 70.7 Å². The first-order valence-corrected chi connectivity index (χ1v) is 7.70. The molecule has 0 aliphatic heterocycles. The molecule has 0 aliphatic carbocycles. The van der Waals surface area contributed by atoms with E-state index in [0.717, 1.165) is 11.3 Å². The van der Waals surface area contributed by atoms with Gasteiger partial charge in [-0.2, -0.15) is 11.3 Å². The summed E-state index contributed by atoms with van der Waals surface area (Å²) in [4.78, 5) is 11.8. The second-order valence-corrected chi connectivity index (χ2v) is 5.38. The predicted octanol–water partition coefficient (Wildman–Crippen LogP) is 2.66. The lowest BCUT2D eigenvalue weighted by atomic mass is 10.2. The SMILES string of the molecule is O=C(/C=C/c1ccccc1)NCc1cn(-c2ccsc2)nn1. The van der Waals surface area contributed by atoms with E-state index in [2.05, 4.69) is 15.6 Å². The van der Waals surface area contributed by atoms with Crippen LogP contribution in [0.3, 0.4) is 0 Å². The molecule has 0 atom stereocenters. The van der Waals surface area contributed by atoms with Crippen molar-refractivity contribution < 1.29 is 4.79 Å². The molecule has 0 aliphatic rings. The number of aromatic nitrogens is 3. The van der Waals surface area contributed by atoms with Crippen molar-refractivity contribution in [3.8, 4) is 5.69 Å². The molecular formula is C16H14N4OS. The van der Waals surface area contributed by atoms with Crippen LogP contribution in [0.1, 0.15) is 11.3 Å². The largest absolute Gasteiger partial charge is 0.347 e. The first-order chi connectivity index (χ1) is 10.8. The first kappa shape index (κ1) is 14.2. The van der Waals surface area contributed by atoms with E-state index in [1.54, 1.807) is 22.1 Å². The van der Waals surface area contributed by atoms with Gasteiger partial charge in [0.2, 0.25) is 5.91 Å². The lowest BCUT2D eigenvalue weighted by Gasteiger charge is -1.98. The number of thiophene rings is 1. The molecule has 5 nitrogen and oxygen atoms in total. The molecule has 1 amide bonds. The Morgan fingerprint density at radius 3 is 2.91 bits per heavy atom. The fourth-order valence-corrected chi connectivity index (χ4v) is 2.49. The van der Waals surface area contributed by atoms with Gasteiger partial charge in [0, 0.05) is 11.5 Å². The Hall–Kier alpha value is -2.73. The van der Waals surface area contributed by atoms with Gasteiger partial charge in [0.25, 0.3) is 0 Å². The van der Waals surface area contributed by atoms with Crippen LogP contribution >= 0.6 is 11.3 Å². The van der Waals surface area contributed by atoms with Gasteiger partial charge in [0.1, 0.15) is 5.69 Å². The Kier molecular flexibility index (Phi) is 4.41. The third-order valence-corrected chi connectivity index (χ3v) is 3.65. The summed E-state index contributed by atoms with van der Waals surface area (Å²) >= 11 is 1.60. The van der Waals surface area contributed by atoms with Crippen molar-refractivity contribution in [3.63, 3.8) is 0 Å². The highest BCUT2D eigenvalue weighted by molar-refractivity contribution is 7.08. The summed E-state index contributed by atoms with van der Waals surface area (Å²) in [6.45, 7) is 0.349. The predicted molar refractivity (Wildman–Crippen MR) is 86.6 cm³/mol. The fourth-order valence-electron chi connectivity index (χ4n) is 1.87. The fraction of sp³-hybridized carbons (Fsp3) is 0.0625. The highest BCUT2D eigenvalue weighted by Gasteiger charge is 2.04. The summed E-state index contributed by atoms with van der Waals surface area (Å²) in [5.41, 5.74) is 2.67.